The molecule has 0 aliphatic rings. The SMILES string of the molecule is c1ccc(-c2ccc3c(c2)c2ccccc2n3-c2c(-c3ccc(-c4cccc(-c5nc(-c6ccccc6)nc(-c6ccccc6)n5)c4)c4c3oc3ccccc34)ccc3oc4ccccc4c23)cc1. The lowest BCUT2D eigenvalue weighted by Gasteiger charge is -2.17. The Balaban J connectivity index is 1.01. The van der Waals surface area contributed by atoms with Gasteiger partial charge < -0.3 is 13.4 Å². The topological polar surface area (TPSA) is 69.9 Å². The molecule has 0 aliphatic heterocycles. The zero-order valence-corrected chi connectivity index (χ0v) is 37.0. The van der Waals surface area contributed by atoms with Crippen molar-refractivity contribution < 1.29 is 8.83 Å². The molecule has 0 bridgehead atoms. The van der Waals surface area contributed by atoms with Gasteiger partial charge in [-0.2, -0.15) is 0 Å². The number of fused-ring (bicyclic) bond motifs is 9. The van der Waals surface area contributed by atoms with Crippen molar-refractivity contribution >= 4 is 65.7 Å². The van der Waals surface area contributed by atoms with Crippen LogP contribution in [-0.4, -0.2) is 19.5 Å². The fraction of sp³-hybridized carbons (Fsp3) is 0. The largest absolute Gasteiger partial charge is 0.456 e. The molecule has 322 valence electrons. The number of hydrogen-bond acceptors (Lipinski definition) is 5. The molecule has 0 spiro atoms. The Morgan fingerprint density at radius 3 is 1.52 bits per heavy atom. The molecular formula is C63H38N4O2. The summed E-state index contributed by atoms with van der Waals surface area (Å²) in [6.07, 6.45) is 0. The van der Waals surface area contributed by atoms with Crippen molar-refractivity contribution in [1.82, 2.24) is 19.5 Å². The monoisotopic (exact) mass is 882 g/mol. The van der Waals surface area contributed by atoms with Crippen LogP contribution < -0.4 is 0 Å². The average Bonchev–Trinajstić information content (AvgIpc) is 4.11. The van der Waals surface area contributed by atoms with Crippen molar-refractivity contribution in [2.45, 2.75) is 0 Å². The van der Waals surface area contributed by atoms with E-state index in [2.05, 4.69) is 162 Å². The molecule has 0 saturated carbocycles. The first-order valence-corrected chi connectivity index (χ1v) is 23.2. The van der Waals surface area contributed by atoms with E-state index < -0.39 is 0 Å². The van der Waals surface area contributed by atoms with E-state index in [-0.39, 0.29) is 0 Å². The van der Waals surface area contributed by atoms with Crippen LogP contribution in [0.25, 0.3) is 139 Å². The molecule has 6 heteroatoms. The lowest BCUT2D eigenvalue weighted by molar-refractivity contribution is 0.668. The normalized spacial score (nSPS) is 11.8. The van der Waals surface area contributed by atoms with Crippen molar-refractivity contribution in [3.8, 4) is 73.2 Å². The van der Waals surface area contributed by atoms with Crippen LogP contribution in [0.15, 0.2) is 239 Å². The molecule has 0 saturated heterocycles. The van der Waals surface area contributed by atoms with Gasteiger partial charge in [-0.1, -0.05) is 176 Å². The Kier molecular flexibility index (Phi) is 8.79. The number of benzene rings is 10. The van der Waals surface area contributed by atoms with E-state index in [0.717, 1.165) is 99.5 Å². The van der Waals surface area contributed by atoms with Crippen LogP contribution in [-0.2, 0) is 0 Å². The van der Waals surface area contributed by atoms with Crippen molar-refractivity contribution in [3.05, 3.63) is 231 Å². The second-order valence-electron chi connectivity index (χ2n) is 17.5. The molecule has 0 N–H and O–H groups in total. The van der Waals surface area contributed by atoms with Crippen LogP contribution in [0.1, 0.15) is 0 Å². The number of para-hydroxylation sites is 3. The Morgan fingerprint density at radius 2 is 0.812 bits per heavy atom. The number of furan rings is 2. The minimum atomic E-state index is 0.599. The molecule has 14 aromatic rings. The summed E-state index contributed by atoms with van der Waals surface area (Å²) in [5.41, 5.74) is 15.7. The van der Waals surface area contributed by atoms with Gasteiger partial charge in [0.2, 0.25) is 0 Å². The lowest BCUT2D eigenvalue weighted by Crippen LogP contribution is -2.00. The molecule has 0 unspecified atom stereocenters. The first-order valence-electron chi connectivity index (χ1n) is 23.2. The van der Waals surface area contributed by atoms with Crippen LogP contribution in [0.5, 0.6) is 0 Å². The first-order chi connectivity index (χ1) is 34.2. The maximum Gasteiger partial charge on any atom is 0.164 e. The van der Waals surface area contributed by atoms with Gasteiger partial charge in [0.25, 0.3) is 0 Å². The summed E-state index contributed by atoms with van der Waals surface area (Å²) in [6.45, 7) is 0. The summed E-state index contributed by atoms with van der Waals surface area (Å²) < 4.78 is 16.2. The summed E-state index contributed by atoms with van der Waals surface area (Å²) >= 11 is 0. The highest BCUT2D eigenvalue weighted by Crippen LogP contribution is 2.48. The third-order valence-corrected chi connectivity index (χ3v) is 13.5. The summed E-state index contributed by atoms with van der Waals surface area (Å²) in [5.74, 6) is 1.84. The fourth-order valence-electron chi connectivity index (χ4n) is 10.3. The zero-order chi connectivity index (χ0) is 45.4. The molecule has 4 aromatic heterocycles. The van der Waals surface area contributed by atoms with Gasteiger partial charge >= 0.3 is 0 Å². The standard InChI is InChI=1S/C63H38N4O2/c1-4-17-39(18-5-1)42-31-35-53-51(38-42)46-25-10-13-28-52(46)67(53)59-47(34-36-56-58(59)50-27-12-14-29-54(50)68-56)48-33-32-45(57-49-26-11-15-30-55(49)69-60(48)57)43-23-16-24-44(37-43)63-65-61(40-19-6-2-7-20-40)64-62(66-63)41-21-8-3-9-22-41/h1-38H. The lowest BCUT2D eigenvalue weighted by atomic mass is 9.92. The Hall–Kier alpha value is -9.39. The minimum absolute atomic E-state index is 0.599. The molecule has 6 nitrogen and oxygen atoms in total. The smallest absolute Gasteiger partial charge is 0.164 e. The Bertz CT molecular complexity index is 4250. The van der Waals surface area contributed by atoms with Crippen molar-refractivity contribution in [1.29, 1.82) is 0 Å². The summed E-state index contributed by atoms with van der Waals surface area (Å²) in [7, 11) is 0. The molecule has 69 heavy (non-hydrogen) atoms. The summed E-state index contributed by atoms with van der Waals surface area (Å²) in [4.78, 5) is 15.1. The van der Waals surface area contributed by atoms with Crippen LogP contribution in [0.4, 0.5) is 0 Å². The number of rotatable bonds is 7. The highest BCUT2D eigenvalue weighted by atomic mass is 16.3. The number of hydrogen-bond donors (Lipinski definition) is 0. The van der Waals surface area contributed by atoms with E-state index in [9.17, 15) is 0 Å². The van der Waals surface area contributed by atoms with E-state index in [1.807, 2.05) is 72.8 Å². The Labute approximate surface area is 396 Å². The molecule has 0 fully saturated rings. The summed E-state index contributed by atoms with van der Waals surface area (Å²) in [5, 5.41) is 6.51. The number of aromatic nitrogens is 4. The Morgan fingerprint density at radius 1 is 0.290 bits per heavy atom. The van der Waals surface area contributed by atoms with E-state index in [1.165, 1.54) is 21.9 Å². The maximum absolute atomic E-state index is 7.07. The molecule has 0 atom stereocenters. The quantitative estimate of drug-likeness (QED) is 0.159. The average molecular weight is 883 g/mol. The third-order valence-electron chi connectivity index (χ3n) is 13.5. The van der Waals surface area contributed by atoms with Crippen LogP contribution in [0.3, 0.4) is 0 Å². The van der Waals surface area contributed by atoms with E-state index in [0.29, 0.717) is 17.5 Å². The van der Waals surface area contributed by atoms with Gasteiger partial charge in [0.1, 0.15) is 22.3 Å². The third kappa shape index (κ3) is 6.30. The van der Waals surface area contributed by atoms with Crippen LogP contribution in [0, 0.1) is 0 Å². The zero-order valence-electron chi connectivity index (χ0n) is 37.0. The predicted octanol–water partition coefficient (Wildman–Crippen LogP) is 16.8. The molecule has 0 radical (unpaired) electrons. The molecular weight excluding hydrogens is 845 g/mol. The highest BCUT2D eigenvalue weighted by molar-refractivity contribution is 6.21. The summed E-state index contributed by atoms with van der Waals surface area (Å²) in [6, 6.07) is 80.4. The fourth-order valence-corrected chi connectivity index (χ4v) is 10.3. The minimum Gasteiger partial charge on any atom is -0.456 e. The van der Waals surface area contributed by atoms with Gasteiger partial charge in [-0.15, -0.1) is 0 Å². The van der Waals surface area contributed by atoms with Crippen LogP contribution >= 0.6 is 0 Å². The maximum atomic E-state index is 7.07. The first kappa shape index (κ1) is 38.8. The highest BCUT2D eigenvalue weighted by Gasteiger charge is 2.26. The molecule has 0 amide bonds. The van der Waals surface area contributed by atoms with Gasteiger partial charge in [-0.25, -0.2) is 15.0 Å². The van der Waals surface area contributed by atoms with E-state index in [1.54, 1.807) is 0 Å². The van der Waals surface area contributed by atoms with Crippen molar-refractivity contribution in [3.63, 3.8) is 0 Å². The second kappa shape index (κ2) is 15.6. The predicted molar refractivity (Wildman–Crippen MR) is 281 cm³/mol. The van der Waals surface area contributed by atoms with Crippen molar-refractivity contribution in [2.24, 2.45) is 0 Å². The molecule has 14 rings (SSSR count). The van der Waals surface area contributed by atoms with Crippen LogP contribution in [0.2, 0.25) is 0 Å². The van der Waals surface area contributed by atoms with E-state index >= 15 is 0 Å². The van der Waals surface area contributed by atoms with E-state index in [4.69, 9.17) is 23.8 Å². The van der Waals surface area contributed by atoms with Gasteiger partial charge in [0.05, 0.1) is 22.1 Å². The second-order valence-corrected chi connectivity index (χ2v) is 17.5. The van der Waals surface area contributed by atoms with Gasteiger partial charge in [-0.3, -0.25) is 0 Å². The molecule has 4 heterocycles. The number of nitrogens with zero attached hydrogens (tertiary/aromatic N) is 4. The van der Waals surface area contributed by atoms with Gasteiger partial charge in [0, 0.05) is 54.7 Å². The van der Waals surface area contributed by atoms with Crippen molar-refractivity contribution in [2.75, 3.05) is 0 Å². The van der Waals surface area contributed by atoms with Gasteiger partial charge in [0.15, 0.2) is 17.5 Å². The van der Waals surface area contributed by atoms with Gasteiger partial charge in [-0.05, 0) is 76.9 Å². The molecule has 10 aromatic carbocycles. The molecule has 0 aliphatic carbocycles.